The molecule has 0 amide bonds. The molecule has 1 aromatic heterocycles. The monoisotopic (exact) mass is 313 g/mol. The summed E-state index contributed by atoms with van der Waals surface area (Å²) in [5.74, 6) is 0.815. The average Bonchev–Trinajstić information content (AvgIpc) is 3.17. The Kier molecular flexibility index (Phi) is 4.84. The van der Waals surface area contributed by atoms with Crippen LogP contribution >= 0.6 is 15.9 Å². The van der Waals surface area contributed by atoms with Gasteiger partial charge in [0, 0.05) is 12.6 Å². The summed E-state index contributed by atoms with van der Waals surface area (Å²) in [4.78, 5) is 0. The van der Waals surface area contributed by atoms with Gasteiger partial charge in [0.2, 0.25) is 0 Å². The quantitative estimate of drug-likeness (QED) is 0.839. The van der Waals surface area contributed by atoms with Gasteiger partial charge in [0.1, 0.15) is 0 Å². The molecule has 102 valence electrons. The lowest BCUT2D eigenvalue weighted by Crippen LogP contribution is -2.22. The van der Waals surface area contributed by atoms with Crippen LogP contribution in [-0.2, 0) is 19.4 Å². The fourth-order valence-electron chi connectivity index (χ4n) is 2.52. The summed E-state index contributed by atoms with van der Waals surface area (Å²) >= 11 is 3.70. The van der Waals surface area contributed by atoms with Crippen molar-refractivity contribution < 1.29 is 0 Å². The Hall–Kier alpha value is -0.350. The molecule has 1 unspecified atom stereocenters. The predicted molar refractivity (Wildman–Crippen MR) is 78.6 cm³/mol. The van der Waals surface area contributed by atoms with Gasteiger partial charge < -0.3 is 5.73 Å². The second kappa shape index (κ2) is 6.20. The normalized spacial score (nSPS) is 17.1. The van der Waals surface area contributed by atoms with Crippen LogP contribution in [0.25, 0.3) is 0 Å². The van der Waals surface area contributed by atoms with E-state index in [9.17, 15) is 0 Å². The van der Waals surface area contributed by atoms with Crippen LogP contribution in [0.4, 0.5) is 0 Å². The zero-order chi connectivity index (χ0) is 13.1. The Bertz CT molecular complexity index is 396. The maximum Gasteiger partial charge on any atom is 0.0766 e. The molecule has 1 saturated carbocycles. The van der Waals surface area contributed by atoms with Crippen molar-refractivity contribution in [3.63, 3.8) is 0 Å². The second-order valence-electron chi connectivity index (χ2n) is 5.27. The van der Waals surface area contributed by atoms with E-state index >= 15 is 0 Å². The van der Waals surface area contributed by atoms with Gasteiger partial charge in [0.25, 0.3) is 0 Å². The van der Waals surface area contributed by atoms with Crippen molar-refractivity contribution in [2.24, 2.45) is 11.7 Å². The van der Waals surface area contributed by atoms with Crippen molar-refractivity contribution in [2.45, 2.75) is 65.0 Å². The molecule has 0 radical (unpaired) electrons. The lowest BCUT2D eigenvalue weighted by molar-refractivity contribution is 0.516. The maximum absolute atomic E-state index is 6.15. The van der Waals surface area contributed by atoms with E-state index < -0.39 is 0 Å². The summed E-state index contributed by atoms with van der Waals surface area (Å²) in [7, 11) is 0. The van der Waals surface area contributed by atoms with Gasteiger partial charge in [-0.25, -0.2) is 0 Å². The molecule has 1 aliphatic rings. The van der Waals surface area contributed by atoms with Crippen molar-refractivity contribution in [1.29, 1.82) is 0 Å². The Balaban J connectivity index is 1.92. The van der Waals surface area contributed by atoms with Crippen LogP contribution in [0, 0.1) is 5.92 Å². The number of halogens is 1. The van der Waals surface area contributed by atoms with Gasteiger partial charge in [-0.2, -0.15) is 5.10 Å². The molecule has 0 spiro atoms. The van der Waals surface area contributed by atoms with E-state index in [2.05, 4.69) is 39.6 Å². The SMILES string of the molecule is CCc1nn(CC)c(CCCC(N)C2CC2)c1Br. The number of rotatable bonds is 7. The number of hydrogen-bond acceptors (Lipinski definition) is 2. The third kappa shape index (κ3) is 3.15. The molecule has 0 aromatic carbocycles. The number of nitrogens with two attached hydrogens (primary N) is 1. The first-order chi connectivity index (χ1) is 8.67. The summed E-state index contributed by atoms with van der Waals surface area (Å²) < 4.78 is 3.35. The standard InChI is InChI=1S/C14H24BrN3/c1-3-12-14(15)13(18(4-2)17-12)7-5-6-11(16)10-8-9-10/h10-11H,3-9,16H2,1-2H3. The Labute approximate surface area is 118 Å². The Morgan fingerprint density at radius 1 is 1.44 bits per heavy atom. The van der Waals surface area contributed by atoms with E-state index in [1.807, 2.05) is 0 Å². The largest absolute Gasteiger partial charge is 0.327 e. The summed E-state index contributed by atoms with van der Waals surface area (Å²) in [5.41, 5.74) is 8.67. The molecule has 0 aliphatic heterocycles. The third-order valence-corrected chi connectivity index (χ3v) is 4.79. The molecule has 1 atom stereocenters. The van der Waals surface area contributed by atoms with Gasteiger partial charge in [-0.1, -0.05) is 6.92 Å². The van der Waals surface area contributed by atoms with E-state index in [4.69, 9.17) is 5.73 Å². The highest BCUT2D eigenvalue weighted by Crippen LogP contribution is 2.33. The first-order valence-electron chi connectivity index (χ1n) is 7.17. The minimum absolute atomic E-state index is 0.424. The zero-order valence-electron chi connectivity index (χ0n) is 11.5. The van der Waals surface area contributed by atoms with Crippen LogP contribution in [0.5, 0.6) is 0 Å². The van der Waals surface area contributed by atoms with Crippen LogP contribution in [0.3, 0.4) is 0 Å². The van der Waals surface area contributed by atoms with Gasteiger partial charge in [-0.3, -0.25) is 4.68 Å². The number of aryl methyl sites for hydroxylation is 2. The number of hydrogen-bond donors (Lipinski definition) is 1. The Morgan fingerprint density at radius 2 is 2.17 bits per heavy atom. The zero-order valence-corrected chi connectivity index (χ0v) is 13.0. The highest BCUT2D eigenvalue weighted by molar-refractivity contribution is 9.10. The van der Waals surface area contributed by atoms with E-state index in [-0.39, 0.29) is 0 Å². The first-order valence-corrected chi connectivity index (χ1v) is 7.96. The van der Waals surface area contributed by atoms with Crippen LogP contribution in [0.2, 0.25) is 0 Å². The highest BCUT2D eigenvalue weighted by Gasteiger charge is 2.27. The van der Waals surface area contributed by atoms with Crippen LogP contribution in [0.1, 0.15) is 50.9 Å². The van der Waals surface area contributed by atoms with Crippen molar-refractivity contribution in [1.82, 2.24) is 9.78 Å². The molecule has 0 saturated heterocycles. The lowest BCUT2D eigenvalue weighted by atomic mass is 10.0. The predicted octanol–water partition coefficient (Wildman–Crippen LogP) is 3.29. The van der Waals surface area contributed by atoms with E-state index in [1.54, 1.807) is 0 Å². The van der Waals surface area contributed by atoms with Crippen molar-refractivity contribution in [2.75, 3.05) is 0 Å². The summed E-state index contributed by atoms with van der Waals surface area (Å²) in [5, 5.41) is 4.63. The molecular formula is C14H24BrN3. The minimum Gasteiger partial charge on any atom is -0.327 e. The van der Waals surface area contributed by atoms with Crippen molar-refractivity contribution in [3.8, 4) is 0 Å². The molecule has 1 aliphatic carbocycles. The number of nitrogens with zero attached hydrogens (tertiary/aromatic N) is 2. The maximum atomic E-state index is 6.15. The molecule has 18 heavy (non-hydrogen) atoms. The van der Waals surface area contributed by atoms with Gasteiger partial charge >= 0.3 is 0 Å². The molecule has 1 fully saturated rings. The highest BCUT2D eigenvalue weighted by atomic mass is 79.9. The van der Waals surface area contributed by atoms with Crippen LogP contribution in [0.15, 0.2) is 4.47 Å². The van der Waals surface area contributed by atoms with Gasteiger partial charge in [0.15, 0.2) is 0 Å². The third-order valence-electron chi connectivity index (χ3n) is 3.87. The lowest BCUT2D eigenvalue weighted by Gasteiger charge is -2.10. The first kappa shape index (κ1) is 14.1. The average molecular weight is 314 g/mol. The molecule has 1 aromatic rings. The molecular weight excluding hydrogens is 290 g/mol. The molecule has 2 rings (SSSR count). The smallest absolute Gasteiger partial charge is 0.0766 e. The molecule has 3 nitrogen and oxygen atoms in total. The molecule has 2 N–H and O–H groups in total. The van der Waals surface area contributed by atoms with Gasteiger partial charge in [0.05, 0.1) is 15.9 Å². The van der Waals surface area contributed by atoms with Gasteiger partial charge in [-0.15, -0.1) is 0 Å². The number of aromatic nitrogens is 2. The summed E-state index contributed by atoms with van der Waals surface area (Å²) in [6.07, 6.45) is 7.08. The topological polar surface area (TPSA) is 43.8 Å². The Morgan fingerprint density at radius 3 is 2.72 bits per heavy atom. The second-order valence-corrected chi connectivity index (χ2v) is 6.06. The van der Waals surface area contributed by atoms with Crippen molar-refractivity contribution in [3.05, 3.63) is 15.9 Å². The van der Waals surface area contributed by atoms with Gasteiger partial charge in [-0.05, 0) is 67.3 Å². The van der Waals surface area contributed by atoms with E-state index in [0.29, 0.717) is 6.04 Å². The summed E-state index contributed by atoms with van der Waals surface area (Å²) in [6, 6.07) is 0.424. The van der Waals surface area contributed by atoms with E-state index in [0.717, 1.165) is 31.7 Å². The molecule has 0 bridgehead atoms. The summed E-state index contributed by atoms with van der Waals surface area (Å²) in [6.45, 7) is 5.25. The minimum atomic E-state index is 0.424. The van der Waals surface area contributed by atoms with Crippen LogP contribution < -0.4 is 5.73 Å². The molecule has 1 heterocycles. The van der Waals surface area contributed by atoms with Crippen molar-refractivity contribution >= 4 is 15.9 Å². The fraction of sp³-hybridized carbons (Fsp3) is 0.786. The fourth-order valence-corrected chi connectivity index (χ4v) is 3.28. The molecule has 4 heteroatoms. The van der Waals surface area contributed by atoms with E-state index in [1.165, 1.54) is 35.1 Å². The van der Waals surface area contributed by atoms with Crippen LogP contribution in [-0.4, -0.2) is 15.8 Å².